The lowest BCUT2D eigenvalue weighted by Gasteiger charge is -2.13. The Morgan fingerprint density at radius 2 is 2.07 bits per heavy atom. The second-order valence-electron chi connectivity index (χ2n) is 6.42. The Kier molecular flexibility index (Phi) is 4.79. The molecule has 3 heterocycles. The summed E-state index contributed by atoms with van der Waals surface area (Å²) in [5, 5.41) is 5.28. The van der Waals surface area contributed by atoms with Gasteiger partial charge in [0.15, 0.2) is 11.5 Å². The van der Waals surface area contributed by atoms with Crippen molar-refractivity contribution in [2.45, 2.75) is 25.4 Å². The van der Waals surface area contributed by atoms with Gasteiger partial charge in [0.05, 0.1) is 6.54 Å². The molecule has 0 aliphatic carbocycles. The minimum absolute atomic E-state index is 0.0884. The molecule has 4 rings (SSSR count). The molecule has 2 aromatic rings. The molecular weight excluding hydrogens is 364 g/mol. The van der Waals surface area contributed by atoms with Gasteiger partial charge in [-0.05, 0) is 36.2 Å². The standard InChI is InChI=1S/C19H18N4O5/c24-17(22-16-3-1-2-8-20-16)7-5-13-18(25)23(19(26)21-13)10-12-4-6-14-15(9-12)28-11-27-14/h1-4,6,8-9,13H,5,7,10-11H2,(H,21,26)(H,20,22,24)/t13-/m0/s1. The summed E-state index contributed by atoms with van der Waals surface area (Å²) in [5.74, 6) is 1.05. The van der Waals surface area contributed by atoms with Crippen LogP contribution in [-0.2, 0) is 16.1 Å². The highest BCUT2D eigenvalue weighted by atomic mass is 16.7. The Morgan fingerprint density at radius 3 is 2.89 bits per heavy atom. The zero-order chi connectivity index (χ0) is 19.5. The first-order valence-electron chi connectivity index (χ1n) is 8.81. The average Bonchev–Trinajstić information content (AvgIpc) is 3.26. The molecule has 1 atom stereocenters. The van der Waals surface area contributed by atoms with Crippen LogP contribution in [0.25, 0.3) is 0 Å². The number of amides is 4. The summed E-state index contributed by atoms with van der Waals surface area (Å²) in [6.45, 7) is 0.280. The first kappa shape index (κ1) is 17.8. The van der Waals surface area contributed by atoms with E-state index < -0.39 is 12.1 Å². The molecule has 0 saturated carbocycles. The second kappa shape index (κ2) is 7.55. The van der Waals surface area contributed by atoms with Crippen molar-refractivity contribution in [1.82, 2.24) is 15.2 Å². The van der Waals surface area contributed by atoms with Gasteiger partial charge in [0.25, 0.3) is 5.91 Å². The number of anilines is 1. The molecule has 2 aliphatic heterocycles. The number of benzene rings is 1. The first-order valence-corrected chi connectivity index (χ1v) is 8.81. The van der Waals surface area contributed by atoms with Crippen molar-refractivity contribution in [3.05, 3.63) is 48.2 Å². The molecule has 2 aliphatic rings. The molecule has 0 unspecified atom stereocenters. The first-order chi connectivity index (χ1) is 13.6. The zero-order valence-electron chi connectivity index (χ0n) is 14.9. The van der Waals surface area contributed by atoms with Gasteiger partial charge in [-0.1, -0.05) is 12.1 Å². The summed E-state index contributed by atoms with van der Waals surface area (Å²) in [6.07, 6.45) is 1.87. The molecule has 1 fully saturated rings. The van der Waals surface area contributed by atoms with E-state index in [1.165, 1.54) is 0 Å². The number of nitrogens with zero attached hydrogens (tertiary/aromatic N) is 2. The number of fused-ring (bicyclic) bond motifs is 1. The van der Waals surface area contributed by atoms with Crippen LogP contribution in [0.5, 0.6) is 11.5 Å². The molecule has 1 aromatic carbocycles. The van der Waals surface area contributed by atoms with Crippen molar-refractivity contribution in [1.29, 1.82) is 0 Å². The van der Waals surface area contributed by atoms with Crippen molar-refractivity contribution >= 4 is 23.7 Å². The molecule has 4 amide bonds. The van der Waals surface area contributed by atoms with Crippen molar-refractivity contribution < 1.29 is 23.9 Å². The van der Waals surface area contributed by atoms with Crippen LogP contribution in [0.4, 0.5) is 10.6 Å². The second-order valence-corrected chi connectivity index (χ2v) is 6.42. The summed E-state index contributed by atoms with van der Waals surface area (Å²) in [7, 11) is 0. The molecule has 2 N–H and O–H groups in total. The van der Waals surface area contributed by atoms with E-state index in [1.54, 1.807) is 42.6 Å². The van der Waals surface area contributed by atoms with E-state index in [9.17, 15) is 14.4 Å². The largest absolute Gasteiger partial charge is 0.454 e. The number of carbonyl (C=O) groups is 3. The van der Waals surface area contributed by atoms with Gasteiger partial charge in [-0.2, -0.15) is 0 Å². The Hall–Kier alpha value is -3.62. The van der Waals surface area contributed by atoms with E-state index >= 15 is 0 Å². The van der Waals surface area contributed by atoms with Gasteiger partial charge in [0, 0.05) is 12.6 Å². The van der Waals surface area contributed by atoms with E-state index in [4.69, 9.17) is 9.47 Å². The quantitative estimate of drug-likeness (QED) is 0.735. The van der Waals surface area contributed by atoms with Gasteiger partial charge in [0.2, 0.25) is 12.7 Å². The van der Waals surface area contributed by atoms with E-state index in [1.807, 2.05) is 0 Å². The SMILES string of the molecule is O=C(CC[C@@H]1NC(=O)N(Cc2ccc3c(c2)OCO3)C1=O)Nc1ccccn1. The Balaban J connectivity index is 1.33. The number of rotatable bonds is 6. The number of nitrogens with one attached hydrogen (secondary N) is 2. The van der Waals surface area contributed by atoms with Gasteiger partial charge < -0.3 is 20.1 Å². The van der Waals surface area contributed by atoms with Crippen molar-refractivity contribution in [3.8, 4) is 11.5 Å². The molecule has 9 nitrogen and oxygen atoms in total. The third-order valence-corrected chi connectivity index (χ3v) is 4.48. The van der Waals surface area contributed by atoms with Crippen LogP contribution in [0, 0.1) is 0 Å². The molecule has 28 heavy (non-hydrogen) atoms. The monoisotopic (exact) mass is 382 g/mol. The lowest BCUT2D eigenvalue weighted by Crippen LogP contribution is -2.31. The minimum Gasteiger partial charge on any atom is -0.454 e. The number of hydrogen-bond donors (Lipinski definition) is 2. The smallest absolute Gasteiger partial charge is 0.325 e. The molecule has 9 heteroatoms. The highest BCUT2D eigenvalue weighted by Crippen LogP contribution is 2.33. The minimum atomic E-state index is -0.726. The molecule has 144 valence electrons. The summed E-state index contributed by atoms with van der Waals surface area (Å²) < 4.78 is 10.6. The maximum Gasteiger partial charge on any atom is 0.325 e. The lowest BCUT2D eigenvalue weighted by atomic mass is 10.1. The van der Waals surface area contributed by atoms with E-state index in [-0.39, 0.29) is 38.0 Å². The van der Waals surface area contributed by atoms with E-state index in [0.29, 0.717) is 17.3 Å². The molecule has 0 bridgehead atoms. The Bertz CT molecular complexity index is 918. The Morgan fingerprint density at radius 1 is 1.21 bits per heavy atom. The highest BCUT2D eigenvalue weighted by Gasteiger charge is 2.38. The molecule has 1 aromatic heterocycles. The molecule has 0 radical (unpaired) electrons. The maximum atomic E-state index is 12.6. The fraction of sp³-hybridized carbons (Fsp3) is 0.263. The van der Waals surface area contributed by atoms with E-state index in [2.05, 4.69) is 15.6 Å². The van der Waals surface area contributed by atoms with Crippen LogP contribution in [0.1, 0.15) is 18.4 Å². The topological polar surface area (TPSA) is 110 Å². The highest BCUT2D eigenvalue weighted by molar-refractivity contribution is 6.04. The molecule has 0 spiro atoms. The average molecular weight is 382 g/mol. The normalized spacial score (nSPS) is 17.6. The summed E-state index contributed by atoms with van der Waals surface area (Å²) in [5.41, 5.74) is 0.751. The molecular formula is C19H18N4O5. The third-order valence-electron chi connectivity index (χ3n) is 4.48. The van der Waals surface area contributed by atoms with Crippen LogP contribution in [-0.4, -0.2) is 40.6 Å². The number of aromatic nitrogens is 1. The number of imide groups is 1. The van der Waals surface area contributed by atoms with Crippen molar-refractivity contribution in [2.75, 3.05) is 12.1 Å². The zero-order valence-corrected chi connectivity index (χ0v) is 14.9. The summed E-state index contributed by atoms with van der Waals surface area (Å²) in [4.78, 5) is 41.9. The van der Waals surface area contributed by atoms with Crippen LogP contribution in [0.15, 0.2) is 42.6 Å². The van der Waals surface area contributed by atoms with Crippen LogP contribution in [0.3, 0.4) is 0 Å². The Labute approximate surface area is 160 Å². The fourth-order valence-corrected chi connectivity index (χ4v) is 3.06. The van der Waals surface area contributed by atoms with Gasteiger partial charge in [0.1, 0.15) is 11.9 Å². The van der Waals surface area contributed by atoms with E-state index in [0.717, 1.165) is 10.5 Å². The van der Waals surface area contributed by atoms with Crippen molar-refractivity contribution in [3.63, 3.8) is 0 Å². The lowest BCUT2D eigenvalue weighted by molar-refractivity contribution is -0.128. The molecule has 1 saturated heterocycles. The number of hydrogen-bond acceptors (Lipinski definition) is 6. The predicted molar refractivity (Wildman–Crippen MR) is 97.5 cm³/mol. The van der Waals surface area contributed by atoms with Gasteiger partial charge in [-0.3, -0.25) is 14.5 Å². The number of pyridine rings is 1. The van der Waals surface area contributed by atoms with Gasteiger partial charge >= 0.3 is 6.03 Å². The number of urea groups is 1. The predicted octanol–water partition coefficient (Wildman–Crippen LogP) is 1.65. The fourth-order valence-electron chi connectivity index (χ4n) is 3.06. The number of ether oxygens (including phenoxy) is 2. The summed E-state index contributed by atoms with van der Waals surface area (Å²) >= 11 is 0. The third kappa shape index (κ3) is 3.73. The number of carbonyl (C=O) groups excluding carboxylic acids is 3. The van der Waals surface area contributed by atoms with Crippen LogP contribution >= 0.6 is 0 Å². The van der Waals surface area contributed by atoms with Crippen LogP contribution < -0.4 is 20.1 Å². The van der Waals surface area contributed by atoms with Gasteiger partial charge in [-0.15, -0.1) is 0 Å². The van der Waals surface area contributed by atoms with Gasteiger partial charge in [-0.25, -0.2) is 9.78 Å². The van der Waals surface area contributed by atoms with Crippen LogP contribution in [0.2, 0.25) is 0 Å². The summed E-state index contributed by atoms with van der Waals surface area (Å²) in [6, 6.07) is 9.25. The van der Waals surface area contributed by atoms with Crippen molar-refractivity contribution in [2.24, 2.45) is 0 Å². The maximum absolute atomic E-state index is 12.6.